The van der Waals surface area contributed by atoms with Crippen LogP contribution in [0.25, 0.3) is 0 Å². The van der Waals surface area contributed by atoms with Gasteiger partial charge in [0.25, 0.3) is 0 Å². The molecule has 1 aliphatic rings. The molecule has 2 N–H and O–H groups in total. The van der Waals surface area contributed by atoms with Gasteiger partial charge in [-0.3, -0.25) is 4.79 Å². The first-order valence-electron chi connectivity index (χ1n) is 4.91. The van der Waals surface area contributed by atoms with Crippen LogP contribution in [0.5, 0.6) is 0 Å². The first kappa shape index (κ1) is 10.5. The van der Waals surface area contributed by atoms with Gasteiger partial charge in [-0.1, -0.05) is 0 Å². The van der Waals surface area contributed by atoms with Crippen LogP contribution in [0.4, 0.5) is 4.79 Å². The summed E-state index contributed by atoms with van der Waals surface area (Å²) in [5, 5.41) is 5.27. The number of Topliss-reactive ketones (excluding diaryl/α,β-unsaturated/α-hetero) is 1. The lowest BCUT2D eigenvalue weighted by Gasteiger charge is -2.26. The largest absolute Gasteiger partial charge is 0.472 e. The van der Waals surface area contributed by atoms with Crippen molar-refractivity contribution in [3.8, 4) is 0 Å². The lowest BCUT2D eigenvalue weighted by Crippen LogP contribution is -2.44. The van der Waals surface area contributed by atoms with Crippen molar-refractivity contribution >= 4 is 11.8 Å². The van der Waals surface area contributed by atoms with Crippen molar-refractivity contribution in [2.45, 2.75) is 19.9 Å². The Balaban J connectivity index is 2.46. The third-order valence-electron chi connectivity index (χ3n) is 2.52. The third kappa shape index (κ3) is 1.71. The second-order valence-corrected chi connectivity index (χ2v) is 3.68. The highest BCUT2D eigenvalue weighted by Gasteiger charge is 2.29. The van der Waals surface area contributed by atoms with E-state index in [-0.39, 0.29) is 11.8 Å². The maximum Gasteiger partial charge on any atom is 0.319 e. The number of amides is 2. The van der Waals surface area contributed by atoms with Gasteiger partial charge in [0.15, 0.2) is 5.78 Å². The number of hydrogen-bond acceptors (Lipinski definition) is 3. The Morgan fingerprint density at radius 3 is 2.81 bits per heavy atom. The summed E-state index contributed by atoms with van der Waals surface area (Å²) in [5.41, 5.74) is 1.91. The van der Waals surface area contributed by atoms with E-state index >= 15 is 0 Å². The molecule has 1 aromatic rings. The van der Waals surface area contributed by atoms with Crippen molar-refractivity contribution in [1.29, 1.82) is 0 Å². The normalized spacial score (nSPS) is 20.4. The fourth-order valence-corrected chi connectivity index (χ4v) is 1.85. The van der Waals surface area contributed by atoms with Crippen LogP contribution in [0.1, 0.15) is 25.5 Å². The summed E-state index contributed by atoms with van der Waals surface area (Å²) >= 11 is 0. The number of hydrogen-bond donors (Lipinski definition) is 2. The van der Waals surface area contributed by atoms with E-state index < -0.39 is 6.04 Å². The number of urea groups is 1. The van der Waals surface area contributed by atoms with Crippen molar-refractivity contribution in [2.24, 2.45) is 0 Å². The van der Waals surface area contributed by atoms with E-state index in [1.54, 1.807) is 13.0 Å². The smallest absolute Gasteiger partial charge is 0.319 e. The number of carbonyl (C=O) groups excluding carboxylic acids is 2. The topological polar surface area (TPSA) is 71.3 Å². The van der Waals surface area contributed by atoms with Crippen LogP contribution < -0.4 is 10.6 Å². The molecule has 0 aromatic carbocycles. The summed E-state index contributed by atoms with van der Waals surface area (Å²) in [6.45, 7) is 3.19. The number of nitrogens with one attached hydrogen (secondary N) is 2. The lowest BCUT2D eigenvalue weighted by molar-refractivity contribution is -0.114. The van der Waals surface area contributed by atoms with E-state index in [0.717, 1.165) is 5.56 Å². The zero-order valence-corrected chi connectivity index (χ0v) is 9.03. The molecule has 0 fully saturated rings. The number of carbonyl (C=O) groups is 2. The number of ketones is 1. The van der Waals surface area contributed by atoms with Crippen LogP contribution in [0.15, 0.2) is 34.3 Å². The lowest BCUT2D eigenvalue weighted by atomic mass is 9.95. The molecule has 1 aliphatic heterocycles. The van der Waals surface area contributed by atoms with E-state index in [2.05, 4.69) is 10.6 Å². The predicted octanol–water partition coefficient (Wildman–Crippen LogP) is 1.50. The van der Waals surface area contributed by atoms with Gasteiger partial charge in [0.2, 0.25) is 0 Å². The summed E-state index contributed by atoms with van der Waals surface area (Å²) in [6, 6.07) is 0.991. The molecule has 0 saturated carbocycles. The average Bonchev–Trinajstić information content (AvgIpc) is 2.67. The van der Waals surface area contributed by atoms with E-state index in [0.29, 0.717) is 11.3 Å². The minimum Gasteiger partial charge on any atom is -0.472 e. The maximum atomic E-state index is 11.5. The van der Waals surface area contributed by atoms with Gasteiger partial charge in [0.1, 0.15) is 0 Å². The summed E-state index contributed by atoms with van der Waals surface area (Å²) in [4.78, 5) is 22.9. The Morgan fingerprint density at radius 1 is 1.50 bits per heavy atom. The molecule has 0 spiro atoms. The highest BCUT2D eigenvalue weighted by atomic mass is 16.3. The molecule has 1 aromatic heterocycles. The van der Waals surface area contributed by atoms with Gasteiger partial charge in [0, 0.05) is 16.8 Å². The highest BCUT2D eigenvalue weighted by molar-refractivity contribution is 5.98. The molecule has 0 radical (unpaired) electrons. The van der Waals surface area contributed by atoms with Crippen LogP contribution in [0, 0.1) is 0 Å². The van der Waals surface area contributed by atoms with Gasteiger partial charge in [-0.05, 0) is 19.9 Å². The molecule has 0 aliphatic carbocycles. The molecule has 0 saturated heterocycles. The van der Waals surface area contributed by atoms with Crippen molar-refractivity contribution < 1.29 is 14.0 Å². The Hall–Kier alpha value is -2.04. The fraction of sp³-hybridized carbons (Fsp3) is 0.273. The Labute approximate surface area is 92.5 Å². The van der Waals surface area contributed by atoms with Crippen LogP contribution in [-0.4, -0.2) is 11.8 Å². The molecule has 5 nitrogen and oxygen atoms in total. The SMILES string of the molecule is CC(=O)C1=C(C)NC(=O)NC1c1ccoc1. The van der Waals surface area contributed by atoms with Crippen LogP contribution in [0.2, 0.25) is 0 Å². The second-order valence-electron chi connectivity index (χ2n) is 3.68. The Kier molecular flexibility index (Phi) is 2.52. The van der Waals surface area contributed by atoms with Crippen LogP contribution in [0.3, 0.4) is 0 Å². The van der Waals surface area contributed by atoms with Crippen molar-refractivity contribution in [3.63, 3.8) is 0 Å². The van der Waals surface area contributed by atoms with Crippen molar-refractivity contribution in [1.82, 2.24) is 10.6 Å². The van der Waals surface area contributed by atoms with Gasteiger partial charge in [-0.2, -0.15) is 0 Å². The Bertz CT molecular complexity index is 460. The number of rotatable bonds is 2. The quantitative estimate of drug-likeness (QED) is 0.793. The van der Waals surface area contributed by atoms with Crippen LogP contribution in [-0.2, 0) is 4.79 Å². The molecular formula is C11H12N2O3. The summed E-state index contributed by atoms with van der Waals surface area (Å²) in [7, 11) is 0. The van der Waals surface area contributed by atoms with E-state index in [1.807, 2.05) is 0 Å². The van der Waals surface area contributed by atoms with Crippen molar-refractivity contribution in [2.75, 3.05) is 0 Å². The highest BCUT2D eigenvalue weighted by Crippen LogP contribution is 2.27. The van der Waals surface area contributed by atoms with Gasteiger partial charge >= 0.3 is 6.03 Å². The van der Waals surface area contributed by atoms with E-state index in [4.69, 9.17) is 4.42 Å². The molecule has 1 atom stereocenters. The molecule has 16 heavy (non-hydrogen) atoms. The van der Waals surface area contributed by atoms with E-state index in [9.17, 15) is 9.59 Å². The fourth-order valence-electron chi connectivity index (χ4n) is 1.85. The summed E-state index contributed by atoms with van der Waals surface area (Å²) in [5.74, 6) is -0.0730. The zero-order chi connectivity index (χ0) is 11.7. The second kappa shape index (κ2) is 3.84. The predicted molar refractivity (Wildman–Crippen MR) is 56.5 cm³/mol. The first-order chi connectivity index (χ1) is 7.59. The molecule has 5 heteroatoms. The van der Waals surface area contributed by atoms with Crippen LogP contribution >= 0.6 is 0 Å². The molecular weight excluding hydrogens is 208 g/mol. The molecule has 2 rings (SSSR count). The first-order valence-corrected chi connectivity index (χ1v) is 4.91. The molecule has 2 heterocycles. The van der Waals surface area contributed by atoms with Gasteiger partial charge in [-0.25, -0.2) is 4.79 Å². The molecule has 84 valence electrons. The minimum atomic E-state index is -0.426. The van der Waals surface area contributed by atoms with Gasteiger partial charge < -0.3 is 15.1 Å². The minimum absolute atomic E-state index is 0.0730. The number of allylic oxidation sites excluding steroid dienone is 1. The monoisotopic (exact) mass is 220 g/mol. The van der Waals surface area contributed by atoms with Gasteiger partial charge in [-0.15, -0.1) is 0 Å². The van der Waals surface area contributed by atoms with E-state index in [1.165, 1.54) is 19.5 Å². The third-order valence-corrected chi connectivity index (χ3v) is 2.52. The van der Waals surface area contributed by atoms with Gasteiger partial charge in [0.05, 0.1) is 18.6 Å². The molecule has 0 bridgehead atoms. The summed E-state index contributed by atoms with van der Waals surface area (Å²) in [6.07, 6.45) is 3.03. The Morgan fingerprint density at radius 2 is 2.25 bits per heavy atom. The standard InChI is InChI=1S/C11H12N2O3/c1-6-9(7(2)14)10(13-11(15)12-6)8-3-4-16-5-8/h3-5,10H,1-2H3,(H2,12,13,15). The summed E-state index contributed by atoms with van der Waals surface area (Å²) < 4.78 is 4.96. The maximum absolute atomic E-state index is 11.5. The zero-order valence-electron chi connectivity index (χ0n) is 9.03. The number of furan rings is 1. The molecule has 1 unspecified atom stereocenters. The molecule has 2 amide bonds. The van der Waals surface area contributed by atoms with Crippen molar-refractivity contribution in [3.05, 3.63) is 35.4 Å². The average molecular weight is 220 g/mol.